The van der Waals surface area contributed by atoms with E-state index in [9.17, 15) is 9.59 Å². The number of hydrogen-bond donors (Lipinski definition) is 2. The van der Waals surface area contributed by atoms with Crippen LogP contribution in [-0.4, -0.2) is 64.7 Å². The van der Waals surface area contributed by atoms with Crippen LogP contribution in [0.5, 0.6) is 5.75 Å². The second kappa shape index (κ2) is 17.0. The number of aromatic nitrogens is 4. The van der Waals surface area contributed by atoms with Gasteiger partial charge in [-0.25, -0.2) is 14.6 Å². The standard InChI is InChI=1S/C41H41N7O4S/c1-46-34(19-11-12-22-43-41(50)52-29-30-13-5-2-6-14-30)28-48(45-46)33-20-21-35(36(27-33)51-26-25-47-24-23-42-40(47)49)39-44-37(31-15-7-3-8-16-31)38(53-39)32-17-9-4-10-18-32/h2-10,13-18,20-21,27-28H,11-12,19,22-26,29H2,1H3,(H-,42,43,49,50)/p+1. The molecule has 1 aliphatic heterocycles. The second-order valence-corrected chi connectivity index (χ2v) is 13.7. The minimum absolute atomic E-state index is 0.0714. The zero-order valence-corrected chi connectivity index (χ0v) is 30.4. The van der Waals surface area contributed by atoms with Gasteiger partial charge in [0.15, 0.2) is 17.6 Å². The Hall–Kier alpha value is -6.01. The third kappa shape index (κ3) is 8.90. The molecular weight excluding hydrogens is 687 g/mol. The van der Waals surface area contributed by atoms with Crippen LogP contribution in [0.1, 0.15) is 24.1 Å². The van der Waals surface area contributed by atoms with Crippen LogP contribution in [0.3, 0.4) is 0 Å². The van der Waals surface area contributed by atoms with E-state index in [1.54, 1.807) is 16.2 Å². The van der Waals surface area contributed by atoms with Crippen molar-refractivity contribution in [1.29, 1.82) is 0 Å². The molecule has 3 heterocycles. The molecule has 0 unspecified atom stereocenters. The third-order valence-electron chi connectivity index (χ3n) is 8.99. The maximum atomic E-state index is 12.2. The minimum Gasteiger partial charge on any atom is -0.491 e. The molecule has 1 aliphatic rings. The van der Waals surface area contributed by atoms with Crippen molar-refractivity contribution in [3.8, 4) is 43.7 Å². The molecule has 0 aliphatic carbocycles. The summed E-state index contributed by atoms with van der Waals surface area (Å²) in [4.78, 5) is 32.4. The molecule has 0 atom stereocenters. The number of nitrogens with one attached hydrogen (secondary N) is 2. The van der Waals surface area contributed by atoms with Crippen molar-refractivity contribution < 1.29 is 23.7 Å². The second-order valence-electron chi connectivity index (χ2n) is 12.7. The highest BCUT2D eigenvalue weighted by Crippen LogP contribution is 2.43. The van der Waals surface area contributed by atoms with Crippen LogP contribution >= 0.6 is 11.3 Å². The van der Waals surface area contributed by atoms with Gasteiger partial charge < -0.3 is 25.0 Å². The molecular formula is C41H42N7O4S+. The van der Waals surface area contributed by atoms with Crippen molar-refractivity contribution >= 4 is 23.5 Å². The molecule has 11 nitrogen and oxygen atoms in total. The van der Waals surface area contributed by atoms with Gasteiger partial charge in [-0.3, -0.25) is 0 Å². The summed E-state index contributed by atoms with van der Waals surface area (Å²) in [6.45, 7) is 2.87. The Morgan fingerprint density at radius 2 is 1.68 bits per heavy atom. The molecule has 3 amide bonds. The zero-order valence-electron chi connectivity index (χ0n) is 29.6. The molecule has 0 saturated carbocycles. The average Bonchev–Trinajstić information content (AvgIpc) is 3.93. The van der Waals surface area contributed by atoms with Crippen molar-refractivity contribution in [2.45, 2.75) is 25.9 Å². The third-order valence-corrected chi connectivity index (χ3v) is 10.1. The number of unbranched alkanes of at least 4 members (excludes halogenated alkanes) is 1. The topological polar surface area (TPSA) is 114 Å². The number of thiazole rings is 1. The van der Waals surface area contributed by atoms with Gasteiger partial charge in [-0.05, 0) is 36.1 Å². The molecule has 2 N–H and O–H groups in total. The number of benzene rings is 4. The molecule has 6 aromatic rings. The van der Waals surface area contributed by atoms with Crippen molar-refractivity contribution in [2.75, 3.05) is 32.8 Å². The first kappa shape index (κ1) is 35.4. The molecule has 0 bridgehead atoms. The van der Waals surface area contributed by atoms with E-state index in [0.717, 1.165) is 68.5 Å². The van der Waals surface area contributed by atoms with Crippen molar-refractivity contribution in [1.82, 2.24) is 30.4 Å². The molecule has 0 radical (unpaired) electrons. The molecule has 1 fully saturated rings. The predicted molar refractivity (Wildman–Crippen MR) is 205 cm³/mol. The van der Waals surface area contributed by atoms with Crippen molar-refractivity contribution in [3.63, 3.8) is 0 Å². The molecule has 0 spiro atoms. The number of nitrogens with zero attached hydrogens (tertiary/aromatic N) is 5. The normalized spacial score (nSPS) is 12.5. The van der Waals surface area contributed by atoms with Gasteiger partial charge in [0, 0.05) is 37.7 Å². The first-order valence-corrected chi connectivity index (χ1v) is 18.6. The first-order chi connectivity index (χ1) is 26.0. The number of aryl methyl sites for hydroxylation is 2. The van der Waals surface area contributed by atoms with E-state index in [2.05, 4.69) is 34.9 Å². The van der Waals surface area contributed by atoms with E-state index >= 15 is 0 Å². The maximum Gasteiger partial charge on any atom is 0.407 e. The van der Waals surface area contributed by atoms with Gasteiger partial charge >= 0.3 is 12.1 Å². The molecule has 2 aromatic heterocycles. The quantitative estimate of drug-likeness (QED) is 0.0888. The summed E-state index contributed by atoms with van der Waals surface area (Å²) in [7, 11) is 1.93. The Bertz CT molecular complexity index is 2080. The number of urea groups is 1. The smallest absolute Gasteiger partial charge is 0.407 e. The summed E-state index contributed by atoms with van der Waals surface area (Å²) < 4.78 is 15.5. The Balaban J connectivity index is 1.07. The van der Waals surface area contributed by atoms with Crippen LogP contribution in [0, 0.1) is 0 Å². The fourth-order valence-electron chi connectivity index (χ4n) is 6.15. The highest BCUT2D eigenvalue weighted by Gasteiger charge is 2.23. The van der Waals surface area contributed by atoms with Gasteiger partial charge in [-0.1, -0.05) is 91.0 Å². The summed E-state index contributed by atoms with van der Waals surface area (Å²) in [5, 5.41) is 11.3. The van der Waals surface area contributed by atoms with Gasteiger partial charge in [-0.15, -0.1) is 20.7 Å². The van der Waals surface area contributed by atoms with Gasteiger partial charge in [0.05, 0.1) is 27.9 Å². The molecule has 12 heteroatoms. The van der Waals surface area contributed by atoms with Crippen molar-refractivity contribution in [3.05, 3.63) is 127 Å². The van der Waals surface area contributed by atoms with E-state index in [1.807, 2.05) is 108 Å². The number of rotatable bonds is 15. The number of carbonyl (C=O) groups excluding carboxylic acids is 2. The summed E-state index contributed by atoms with van der Waals surface area (Å²) in [5.41, 5.74) is 6.79. The van der Waals surface area contributed by atoms with Crippen LogP contribution < -0.4 is 20.1 Å². The lowest BCUT2D eigenvalue weighted by molar-refractivity contribution is -0.661. The summed E-state index contributed by atoms with van der Waals surface area (Å²) in [5.74, 6) is 0.667. The van der Waals surface area contributed by atoms with Gasteiger partial charge in [0.25, 0.3) is 0 Å². The Morgan fingerprint density at radius 1 is 0.943 bits per heavy atom. The van der Waals surface area contributed by atoms with Gasteiger partial charge in [0.1, 0.15) is 31.0 Å². The maximum absolute atomic E-state index is 12.2. The number of carbonyl (C=O) groups is 2. The number of amides is 3. The monoisotopic (exact) mass is 728 g/mol. The van der Waals surface area contributed by atoms with Crippen LogP contribution in [-0.2, 0) is 24.8 Å². The van der Waals surface area contributed by atoms with E-state index in [0.29, 0.717) is 38.5 Å². The van der Waals surface area contributed by atoms with E-state index in [-0.39, 0.29) is 12.6 Å². The number of ether oxygens (including phenoxy) is 2. The highest BCUT2D eigenvalue weighted by molar-refractivity contribution is 7.19. The Kier molecular flexibility index (Phi) is 11.4. The fraction of sp³-hybridized carbons (Fsp3) is 0.244. The lowest BCUT2D eigenvalue weighted by atomic mass is 10.1. The van der Waals surface area contributed by atoms with E-state index < -0.39 is 6.09 Å². The van der Waals surface area contributed by atoms with E-state index in [4.69, 9.17) is 19.7 Å². The lowest BCUT2D eigenvalue weighted by Gasteiger charge is -2.16. The fourth-order valence-corrected chi connectivity index (χ4v) is 7.28. The van der Waals surface area contributed by atoms with E-state index in [1.165, 1.54) is 0 Å². The number of hydrogen-bond acceptors (Lipinski definition) is 7. The molecule has 4 aromatic carbocycles. The Labute approximate surface area is 312 Å². The Morgan fingerprint density at radius 3 is 2.42 bits per heavy atom. The summed E-state index contributed by atoms with van der Waals surface area (Å²) in [6.07, 6.45) is 4.08. The van der Waals surface area contributed by atoms with Gasteiger partial charge in [0.2, 0.25) is 0 Å². The van der Waals surface area contributed by atoms with Crippen LogP contribution in [0.2, 0.25) is 0 Å². The molecule has 270 valence electrons. The molecule has 1 saturated heterocycles. The minimum atomic E-state index is -0.414. The number of alkyl carbamates (subject to hydrolysis) is 1. The van der Waals surface area contributed by atoms with Crippen molar-refractivity contribution in [2.24, 2.45) is 7.05 Å². The SMILES string of the molecule is Cn1n[n+](-c2ccc(-c3nc(-c4ccccc4)c(-c4ccccc4)s3)c(OCCN3CCNC3=O)c2)cc1CCCCNC(=O)OCc1ccccc1. The average molecular weight is 729 g/mol. The summed E-state index contributed by atoms with van der Waals surface area (Å²) in [6, 6.07) is 36.2. The van der Waals surface area contributed by atoms with Gasteiger partial charge in [-0.2, -0.15) is 0 Å². The zero-order chi connectivity index (χ0) is 36.4. The lowest BCUT2D eigenvalue weighted by Crippen LogP contribution is -2.33. The largest absolute Gasteiger partial charge is 0.491 e. The van der Waals surface area contributed by atoms with Crippen LogP contribution in [0.25, 0.3) is 38.0 Å². The first-order valence-electron chi connectivity index (χ1n) is 17.8. The van der Waals surface area contributed by atoms with Crippen LogP contribution in [0.4, 0.5) is 9.59 Å². The van der Waals surface area contributed by atoms with Crippen LogP contribution in [0.15, 0.2) is 115 Å². The summed E-state index contributed by atoms with van der Waals surface area (Å²) >= 11 is 1.63. The molecule has 53 heavy (non-hydrogen) atoms. The predicted octanol–water partition coefficient (Wildman–Crippen LogP) is 6.81. The highest BCUT2D eigenvalue weighted by atomic mass is 32.1. The molecule has 7 rings (SSSR count).